The van der Waals surface area contributed by atoms with Gasteiger partial charge in [-0.05, 0) is 12.3 Å². The zero-order valence-electron chi connectivity index (χ0n) is 5.28. The summed E-state index contributed by atoms with van der Waals surface area (Å²) in [6, 6.07) is 0. The molecule has 0 spiro atoms. The molecule has 1 nitrogen and oxygen atoms in total. The molecule has 0 radical (unpaired) electrons. The third-order valence-electron chi connectivity index (χ3n) is 0.512. The van der Waals surface area contributed by atoms with Crippen LogP contribution in [0.4, 0.5) is 0 Å². The van der Waals surface area contributed by atoms with E-state index in [4.69, 9.17) is 0 Å². The summed E-state index contributed by atoms with van der Waals surface area (Å²) >= 11 is 0. The first-order valence-electron chi connectivity index (χ1n) is 2.42. The predicted molar refractivity (Wildman–Crippen MR) is 48.9 cm³/mol. The van der Waals surface area contributed by atoms with Crippen LogP contribution in [0, 0.1) is 0 Å². The summed E-state index contributed by atoms with van der Waals surface area (Å²) in [7, 11) is 3.08. The van der Waals surface area contributed by atoms with Crippen LogP contribution in [-0.4, -0.2) is 12.5 Å². The minimum atomic E-state index is 1.46. The van der Waals surface area contributed by atoms with Crippen molar-refractivity contribution < 1.29 is 0 Å². The maximum atomic E-state index is 3.95. The summed E-state index contributed by atoms with van der Waals surface area (Å²) in [6.45, 7) is 3.52. The number of nitrogens with zero attached hydrogens (tertiary/aromatic N) is 1. The molecular weight excluding hydrogens is 150 g/mol. The molecule has 0 unspecified atom stereocenters. The van der Waals surface area contributed by atoms with Gasteiger partial charge < -0.3 is 0 Å². The van der Waals surface area contributed by atoms with Gasteiger partial charge in [0.15, 0.2) is 0 Å². The van der Waals surface area contributed by atoms with Crippen LogP contribution in [0.5, 0.6) is 0 Å². The van der Waals surface area contributed by atoms with Crippen LogP contribution in [-0.2, 0) is 0 Å². The standard InChI is InChI=1S/C6H9NS2/c1-3-4-5-6-7-9-8-2/h3-6H,1H2,2H3/b5-4-,7-6-. The molecule has 0 N–H and O–H groups in total. The van der Waals surface area contributed by atoms with Crippen molar-refractivity contribution in [2.24, 2.45) is 4.40 Å². The molecule has 0 fully saturated rings. The van der Waals surface area contributed by atoms with Gasteiger partial charge in [-0.15, -0.1) is 0 Å². The molecule has 0 rings (SSSR count). The van der Waals surface area contributed by atoms with E-state index < -0.39 is 0 Å². The molecule has 50 valence electrons. The van der Waals surface area contributed by atoms with Crippen molar-refractivity contribution in [2.45, 2.75) is 0 Å². The van der Waals surface area contributed by atoms with E-state index in [1.807, 2.05) is 18.4 Å². The van der Waals surface area contributed by atoms with Crippen LogP contribution < -0.4 is 0 Å². The monoisotopic (exact) mass is 159 g/mol. The lowest BCUT2D eigenvalue weighted by atomic mass is 10.5. The molecule has 9 heavy (non-hydrogen) atoms. The molecule has 0 aliphatic carbocycles. The highest BCUT2D eigenvalue weighted by atomic mass is 33.1. The number of hydrogen-bond acceptors (Lipinski definition) is 3. The third-order valence-corrected chi connectivity index (χ3v) is 1.57. The summed E-state index contributed by atoms with van der Waals surface area (Å²) in [5, 5.41) is 0. The highest BCUT2D eigenvalue weighted by Gasteiger charge is 1.68. The fraction of sp³-hybridized carbons (Fsp3) is 0.167. The lowest BCUT2D eigenvalue weighted by molar-refractivity contribution is 1.97. The summed E-state index contributed by atoms with van der Waals surface area (Å²) in [6.07, 6.45) is 9.12. The Hall–Kier alpha value is -0.150. The lowest BCUT2D eigenvalue weighted by Crippen LogP contribution is -1.56. The Morgan fingerprint density at radius 2 is 2.22 bits per heavy atom. The zero-order valence-corrected chi connectivity index (χ0v) is 6.91. The third kappa shape index (κ3) is 7.85. The van der Waals surface area contributed by atoms with Gasteiger partial charge in [0.05, 0.1) is 0 Å². The van der Waals surface area contributed by atoms with Gasteiger partial charge in [0.25, 0.3) is 0 Å². The normalized spacial score (nSPS) is 11.2. The minimum Gasteiger partial charge on any atom is -0.213 e. The molecule has 0 aliphatic heterocycles. The van der Waals surface area contributed by atoms with E-state index >= 15 is 0 Å². The van der Waals surface area contributed by atoms with Crippen LogP contribution in [0.15, 0.2) is 29.2 Å². The summed E-state index contributed by atoms with van der Waals surface area (Å²) in [5.41, 5.74) is 0. The van der Waals surface area contributed by atoms with Gasteiger partial charge in [0, 0.05) is 17.2 Å². The van der Waals surface area contributed by atoms with Gasteiger partial charge in [-0.1, -0.05) is 29.5 Å². The Morgan fingerprint density at radius 1 is 1.44 bits per heavy atom. The van der Waals surface area contributed by atoms with Crippen molar-refractivity contribution in [3.63, 3.8) is 0 Å². The predicted octanol–water partition coefficient (Wildman–Crippen LogP) is 2.73. The maximum absolute atomic E-state index is 3.95. The first-order valence-corrected chi connectivity index (χ1v) is 4.94. The smallest absolute Gasteiger partial charge is 0.0431 e. The highest BCUT2D eigenvalue weighted by Crippen LogP contribution is 2.16. The average Bonchev–Trinajstić information content (AvgIpc) is 1.89. The Kier molecular flexibility index (Phi) is 7.72. The SMILES string of the molecule is C=C/C=C\C=N/SSC. The van der Waals surface area contributed by atoms with Gasteiger partial charge in [-0.25, -0.2) is 4.40 Å². The van der Waals surface area contributed by atoms with Crippen LogP contribution in [0.3, 0.4) is 0 Å². The maximum Gasteiger partial charge on any atom is 0.0431 e. The fourth-order valence-electron chi connectivity index (χ4n) is 0.231. The van der Waals surface area contributed by atoms with E-state index in [0.29, 0.717) is 0 Å². The summed E-state index contributed by atoms with van der Waals surface area (Å²) < 4.78 is 3.95. The van der Waals surface area contributed by atoms with E-state index in [2.05, 4.69) is 11.0 Å². The van der Waals surface area contributed by atoms with Crippen LogP contribution in [0.1, 0.15) is 0 Å². The summed E-state index contributed by atoms with van der Waals surface area (Å²) in [4.78, 5) is 0. The van der Waals surface area contributed by atoms with Gasteiger partial charge in [-0.3, -0.25) is 0 Å². The second-order valence-corrected chi connectivity index (χ2v) is 3.26. The molecule has 0 aromatic rings. The van der Waals surface area contributed by atoms with Crippen LogP contribution in [0.2, 0.25) is 0 Å². The number of allylic oxidation sites excluding steroid dienone is 3. The first-order chi connectivity index (χ1) is 4.41. The van der Waals surface area contributed by atoms with Crippen LogP contribution >= 0.6 is 21.8 Å². The van der Waals surface area contributed by atoms with Gasteiger partial charge in [-0.2, -0.15) is 0 Å². The second-order valence-electron chi connectivity index (χ2n) is 1.12. The molecule has 0 amide bonds. The number of rotatable bonds is 4. The molecule has 0 aromatic heterocycles. The van der Waals surface area contributed by atoms with Crippen molar-refractivity contribution in [2.75, 3.05) is 6.26 Å². The van der Waals surface area contributed by atoms with Crippen molar-refractivity contribution in [1.29, 1.82) is 0 Å². The fourth-order valence-corrected chi connectivity index (χ4v) is 0.845. The molecule has 0 aromatic carbocycles. The quantitative estimate of drug-likeness (QED) is 0.271. The second kappa shape index (κ2) is 7.85. The van der Waals surface area contributed by atoms with Crippen LogP contribution in [0.25, 0.3) is 0 Å². The zero-order chi connectivity index (χ0) is 6.95. The lowest BCUT2D eigenvalue weighted by Gasteiger charge is -1.78. The Bertz CT molecular complexity index is 118. The molecule has 0 aliphatic rings. The molecule has 0 saturated carbocycles. The molecule has 3 heteroatoms. The largest absolute Gasteiger partial charge is 0.213 e. The van der Waals surface area contributed by atoms with Crippen molar-refractivity contribution in [3.8, 4) is 0 Å². The van der Waals surface area contributed by atoms with E-state index in [1.165, 1.54) is 11.0 Å². The molecular formula is C6H9NS2. The van der Waals surface area contributed by atoms with Crippen molar-refractivity contribution >= 4 is 28.0 Å². The van der Waals surface area contributed by atoms with E-state index in [9.17, 15) is 0 Å². The Morgan fingerprint density at radius 3 is 2.78 bits per heavy atom. The van der Waals surface area contributed by atoms with E-state index in [0.717, 1.165) is 0 Å². The molecule has 0 atom stereocenters. The minimum absolute atomic E-state index is 1.46. The van der Waals surface area contributed by atoms with Gasteiger partial charge in [0.1, 0.15) is 0 Å². The van der Waals surface area contributed by atoms with Gasteiger partial charge >= 0.3 is 0 Å². The topological polar surface area (TPSA) is 12.4 Å². The summed E-state index contributed by atoms with van der Waals surface area (Å²) in [5.74, 6) is 0. The van der Waals surface area contributed by atoms with Crippen molar-refractivity contribution in [3.05, 3.63) is 24.8 Å². The molecule has 0 bridgehead atoms. The number of hydrogen-bond donors (Lipinski definition) is 0. The van der Waals surface area contributed by atoms with Crippen molar-refractivity contribution in [1.82, 2.24) is 0 Å². The van der Waals surface area contributed by atoms with Gasteiger partial charge in [0.2, 0.25) is 0 Å². The van der Waals surface area contributed by atoms with E-state index in [-0.39, 0.29) is 0 Å². The van der Waals surface area contributed by atoms with E-state index in [1.54, 1.807) is 23.1 Å². The first kappa shape index (κ1) is 8.85. The Labute approximate surface area is 63.9 Å². The highest BCUT2D eigenvalue weighted by molar-refractivity contribution is 8.76. The Balaban J connectivity index is 3.23. The molecule has 0 heterocycles. The molecule has 0 saturated heterocycles. The average molecular weight is 159 g/mol.